The number of phosphoric acid groups is 1. The number of phosphoric ester groups is 1. The van der Waals surface area contributed by atoms with Gasteiger partial charge in [0.15, 0.2) is 6.10 Å². The van der Waals surface area contributed by atoms with Crippen LogP contribution in [0.1, 0.15) is 239 Å². The molecule has 0 heterocycles. The second kappa shape index (κ2) is 57.3. The van der Waals surface area contributed by atoms with Gasteiger partial charge in [0, 0.05) is 19.3 Å². The fraction of sp³-hybridized carbons (Fsp3) is 0.672. The van der Waals surface area contributed by atoms with Crippen LogP contribution < -0.4 is 0 Å². The van der Waals surface area contributed by atoms with Gasteiger partial charge >= 0.3 is 25.7 Å². The molecule has 0 amide bonds. The topological polar surface area (TPSA) is 155 Å². The maximum atomic E-state index is 12.9. The zero-order valence-electron chi connectivity index (χ0n) is 47.9. The molecule has 0 saturated carbocycles. The lowest BCUT2D eigenvalue weighted by molar-refractivity contribution is -0.161. The van der Waals surface area contributed by atoms with Crippen LogP contribution in [0.15, 0.2) is 109 Å². The van der Waals surface area contributed by atoms with Gasteiger partial charge in [-0.05, 0) is 96.3 Å². The lowest BCUT2D eigenvalue weighted by Crippen LogP contribution is -2.30. The normalized spacial score (nSPS) is 14.1. The van der Waals surface area contributed by atoms with Crippen LogP contribution >= 0.6 is 7.82 Å². The number of carbonyl (C=O) groups is 3. The first-order valence-electron chi connectivity index (χ1n) is 29.8. The molecule has 0 fully saturated rings. The van der Waals surface area contributed by atoms with Crippen molar-refractivity contribution in [2.45, 2.75) is 251 Å². The molecule has 0 aromatic rings. The van der Waals surface area contributed by atoms with E-state index in [1.165, 1.54) is 70.6 Å². The number of hydrogen-bond donors (Lipinski definition) is 2. The van der Waals surface area contributed by atoms with E-state index in [2.05, 4.69) is 118 Å². The predicted molar refractivity (Wildman–Crippen MR) is 316 cm³/mol. The SMILES string of the molecule is CC/C=C\C/C=C\C/C=C\C/C=C\C/C=C\CCCC(=O)OC(COC(=O)CCCCCCCCCCCCCCCCC)COP(=O)(O)OCC(CO)OC(=O)CCCCCC/C=C\C/C=C\C/C=C\C/C=C\CC. The molecule has 0 saturated heterocycles. The number of unbranched alkanes of at least 4 members (excludes halogenated alkanes) is 19. The van der Waals surface area contributed by atoms with Crippen LogP contribution in [0, 0.1) is 0 Å². The molecule has 3 atom stereocenters. The van der Waals surface area contributed by atoms with E-state index in [0.29, 0.717) is 25.7 Å². The molecule has 0 radical (unpaired) electrons. The monoisotopic (exact) mass is 1080 g/mol. The molecule has 434 valence electrons. The molecule has 0 spiro atoms. The summed E-state index contributed by atoms with van der Waals surface area (Å²) in [5, 5.41) is 9.83. The third-order valence-corrected chi connectivity index (χ3v) is 13.1. The number of carbonyl (C=O) groups excluding carboxylic acids is 3. The Hall–Kier alpha value is -3.86. The van der Waals surface area contributed by atoms with Crippen LogP contribution in [0.3, 0.4) is 0 Å². The molecule has 0 aromatic carbocycles. The van der Waals surface area contributed by atoms with Gasteiger partial charge in [-0.2, -0.15) is 0 Å². The van der Waals surface area contributed by atoms with Crippen molar-refractivity contribution >= 4 is 25.7 Å². The summed E-state index contributed by atoms with van der Waals surface area (Å²) in [6.07, 6.45) is 69.1. The Morgan fingerprint density at radius 2 is 0.697 bits per heavy atom. The lowest BCUT2D eigenvalue weighted by atomic mass is 10.0. The minimum Gasteiger partial charge on any atom is -0.462 e. The number of esters is 3. The third-order valence-electron chi connectivity index (χ3n) is 12.2. The summed E-state index contributed by atoms with van der Waals surface area (Å²) in [6.45, 7) is 4.33. The van der Waals surface area contributed by atoms with Gasteiger partial charge in [-0.1, -0.05) is 233 Å². The van der Waals surface area contributed by atoms with Crippen molar-refractivity contribution in [3.8, 4) is 0 Å². The molecule has 0 aliphatic carbocycles. The average molecular weight is 1080 g/mol. The Balaban J connectivity index is 4.82. The quantitative estimate of drug-likeness (QED) is 0.0197. The first-order valence-corrected chi connectivity index (χ1v) is 31.3. The van der Waals surface area contributed by atoms with Crippen LogP contribution in [0.2, 0.25) is 0 Å². The van der Waals surface area contributed by atoms with E-state index >= 15 is 0 Å². The van der Waals surface area contributed by atoms with Crippen molar-refractivity contribution in [2.75, 3.05) is 26.4 Å². The smallest absolute Gasteiger partial charge is 0.462 e. The van der Waals surface area contributed by atoms with Crippen molar-refractivity contribution in [3.05, 3.63) is 109 Å². The molecule has 11 nitrogen and oxygen atoms in total. The van der Waals surface area contributed by atoms with Crippen LogP contribution in [0.4, 0.5) is 0 Å². The van der Waals surface area contributed by atoms with Crippen LogP contribution in [-0.4, -0.2) is 66.5 Å². The summed E-state index contributed by atoms with van der Waals surface area (Å²) in [7, 11) is -4.78. The average Bonchev–Trinajstić information content (AvgIpc) is 3.41. The van der Waals surface area contributed by atoms with Crippen molar-refractivity contribution in [3.63, 3.8) is 0 Å². The molecular formula is C64H107O11P. The standard InChI is InChI=1S/C64H107O11P/c1-4-7-10-13-16-19-22-25-28-30-33-36-39-42-45-48-51-54-63(67)74-60(56-65)58-72-76(69,70)73-59-61(57-71-62(66)53-50-47-44-41-38-35-32-27-24-21-18-15-12-9-6-3)75-64(68)55-52-49-46-43-40-37-34-31-29-26-23-20-17-14-11-8-5-2/h7-8,10-11,16-17,19-20,25-26,28-29,33-34,36-37,43,46,60-61,65H,4-6,9,12-15,18,21-24,27,30-32,35,38-42,44-45,47-59H2,1-3H3,(H,69,70)/b10-7-,11-8-,19-16-,20-17-,28-25-,29-26-,36-33-,37-34-,46-43-. The number of aliphatic hydroxyl groups is 1. The minimum atomic E-state index is -4.78. The van der Waals surface area contributed by atoms with Gasteiger partial charge in [-0.25, -0.2) is 4.57 Å². The van der Waals surface area contributed by atoms with Gasteiger partial charge in [-0.15, -0.1) is 0 Å². The maximum Gasteiger partial charge on any atom is 0.472 e. The van der Waals surface area contributed by atoms with Crippen LogP contribution in [-0.2, 0) is 42.2 Å². The molecule has 0 rings (SSSR count). The van der Waals surface area contributed by atoms with Gasteiger partial charge in [0.2, 0.25) is 0 Å². The first-order chi connectivity index (χ1) is 37.2. The summed E-state index contributed by atoms with van der Waals surface area (Å²) in [6, 6.07) is 0. The number of aliphatic hydroxyl groups excluding tert-OH is 1. The Kier molecular flexibility index (Phi) is 54.4. The summed E-state index contributed by atoms with van der Waals surface area (Å²) in [5.74, 6) is -1.56. The van der Waals surface area contributed by atoms with Gasteiger partial charge < -0.3 is 24.2 Å². The zero-order chi connectivity index (χ0) is 55.5. The van der Waals surface area contributed by atoms with E-state index in [0.717, 1.165) is 103 Å². The number of hydrogen-bond acceptors (Lipinski definition) is 10. The van der Waals surface area contributed by atoms with E-state index in [1.807, 2.05) is 12.2 Å². The molecule has 0 aliphatic heterocycles. The van der Waals surface area contributed by atoms with Gasteiger partial charge in [0.25, 0.3) is 0 Å². The molecule has 12 heteroatoms. The van der Waals surface area contributed by atoms with E-state index in [4.69, 9.17) is 23.3 Å². The second-order valence-corrected chi connectivity index (χ2v) is 20.9. The number of rotatable bonds is 54. The van der Waals surface area contributed by atoms with Gasteiger partial charge in [-0.3, -0.25) is 23.4 Å². The second-order valence-electron chi connectivity index (χ2n) is 19.4. The number of allylic oxidation sites excluding steroid dienone is 18. The molecule has 0 aromatic heterocycles. The lowest BCUT2D eigenvalue weighted by Gasteiger charge is -2.21. The molecule has 76 heavy (non-hydrogen) atoms. The van der Waals surface area contributed by atoms with Gasteiger partial charge in [0.05, 0.1) is 19.8 Å². The van der Waals surface area contributed by atoms with Crippen LogP contribution in [0.5, 0.6) is 0 Å². The molecule has 0 aliphatic rings. The summed E-state index contributed by atoms with van der Waals surface area (Å²) in [5.41, 5.74) is 0. The Bertz CT molecular complexity index is 1690. The van der Waals surface area contributed by atoms with Crippen molar-refractivity contribution in [1.29, 1.82) is 0 Å². The Morgan fingerprint density at radius 3 is 1.11 bits per heavy atom. The fourth-order valence-corrected chi connectivity index (χ4v) is 8.52. The maximum absolute atomic E-state index is 12.9. The van der Waals surface area contributed by atoms with E-state index < -0.39 is 57.8 Å². The van der Waals surface area contributed by atoms with E-state index in [1.54, 1.807) is 0 Å². The van der Waals surface area contributed by atoms with Crippen molar-refractivity contribution < 1.29 is 52.2 Å². The zero-order valence-corrected chi connectivity index (χ0v) is 48.8. The Morgan fingerprint density at radius 1 is 0.382 bits per heavy atom. The third kappa shape index (κ3) is 54.9. The number of ether oxygens (including phenoxy) is 3. The summed E-state index contributed by atoms with van der Waals surface area (Å²) in [4.78, 5) is 48.6. The predicted octanol–water partition coefficient (Wildman–Crippen LogP) is 17.8. The van der Waals surface area contributed by atoms with E-state index in [-0.39, 0.29) is 25.9 Å². The molecule has 3 unspecified atom stereocenters. The van der Waals surface area contributed by atoms with Gasteiger partial charge in [0.1, 0.15) is 12.7 Å². The van der Waals surface area contributed by atoms with E-state index in [9.17, 15) is 28.9 Å². The Labute approximate surface area is 463 Å². The van der Waals surface area contributed by atoms with Crippen molar-refractivity contribution in [2.24, 2.45) is 0 Å². The highest BCUT2D eigenvalue weighted by atomic mass is 31.2. The first kappa shape index (κ1) is 72.1. The minimum absolute atomic E-state index is 0.0841. The highest BCUT2D eigenvalue weighted by Crippen LogP contribution is 2.43. The summed E-state index contributed by atoms with van der Waals surface area (Å²) >= 11 is 0. The fourth-order valence-electron chi connectivity index (χ4n) is 7.74. The largest absolute Gasteiger partial charge is 0.472 e. The van der Waals surface area contributed by atoms with Crippen molar-refractivity contribution in [1.82, 2.24) is 0 Å². The molecular weight excluding hydrogens is 976 g/mol. The highest BCUT2D eigenvalue weighted by Gasteiger charge is 2.28. The highest BCUT2D eigenvalue weighted by molar-refractivity contribution is 7.47. The molecule has 0 bridgehead atoms. The molecule has 2 N–H and O–H groups in total. The van der Waals surface area contributed by atoms with Crippen LogP contribution in [0.25, 0.3) is 0 Å². The summed E-state index contributed by atoms with van der Waals surface area (Å²) < 4.78 is 39.5.